The van der Waals surface area contributed by atoms with Gasteiger partial charge >= 0.3 is 0 Å². The third kappa shape index (κ3) is 3.76. The van der Waals surface area contributed by atoms with Gasteiger partial charge in [-0.2, -0.15) is 0 Å². The fourth-order valence-corrected chi connectivity index (χ4v) is 2.69. The Morgan fingerprint density at radius 1 is 0.920 bits per heavy atom. The number of hydrogen-bond acceptors (Lipinski definition) is 5. The number of piperazine rings is 1. The van der Waals surface area contributed by atoms with Crippen LogP contribution in [0.4, 0.5) is 0 Å². The molecule has 2 amide bonds. The van der Waals surface area contributed by atoms with Crippen LogP contribution in [0.1, 0.15) is 26.5 Å². The van der Waals surface area contributed by atoms with Crippen LogP contribution in [0.3, 0.4) is 0 Å². The first-order valence-corrected chi connectivity index (χ1v) is 8.10. The van der Waals surface area contributed by atoms with Crippen molar-refractivity contribution in [3.8, 4) is 5.75 Å². The second-order valence-electron chi connectivity index (χ2n) is 5.86. The van der Waals surface area contributed by atoms with Crippen molar-refractivity contribution >= 4 is 11.8 Å². The molecule has 25 heavy (non-hydrogen) atoms. The average molecular weight is 340 g/mol. The molecule has 0 radical (unpaired) electrons. The van der Waals surface area contributed by atoms with E-state index in [2.05, 4.69) is 9.97 Å². The summed E-state index contributed by atoms with van der Waals surface area (Å²) in [7, 11) is 1.59. The van der Waals surface area contributed by atoms with E-state index in [0.29, 0.717) is 43.2 Å². The molecule has 1 saturated heterocycles. The maximum absolute atomic E-state index is 12.5. The molecule has 7 nitrogen and oxygen atoms in total. The highest BCUT2D eigenvalue weighted by atomic mass is 16.5. The summed E-state index contributed by atoms with van der Waals surface area (Å²) in [4.78, 5) is 36.7. The first-order valence-electron chi connectivity index (χ1n) is 8.10. The SMILES string of the molecule is COc1ccc(C(=O)N2CCN(C(=O)c3cnc(C)cn3)CC2)cc1. The van der Waals surface area contributed by atoms with Crippen molar-refractivity contribution < 1.29 is 14.3 Å². The van der Waals surface area contributed by atoms with Crippen LogP contribution in [0, 0.1) is 6.92 Å². The van der Waals surface area contributed by atoms with Crippen LogP contribution in [-0.4, -0.2) is 64.9 Å². The van der Waals surface area contributed by atoms with E-state index in [1.165, 1.54) is 6.20 Å². The van der Waals surface area contributed by atoms with Crippen molar-refractivity contribution in [2.45, 2.75) is 6.92 Å². The van der Waals surface area contributed by atoms with Crippen molar-refractivity contribution in [2.75, 3.05) is 33.3 Å². The molecule has 1 fully saturated rings. The minimum absolute atomic E-state index is 0.0371. The highest BCUT2D eigenvalue weighted by molar-refractivity contribution is 5.95. The summed E-state index contributed by atoms with van der Waals surface area (Å²) in [6.07, 6.45) is 3.07. The molecule has 0 spiro atoms. The molecule has 7 heteroatoms. The zero-order valence-electron chi connectivity index (χ0n) is 14.3. The van der Waals surface area contributed by atoms with Gasteiger partial charge in [-0.25, -0.2) is 4.98 Å². The summed E-state index contributed by atoms with van der Waals surface area (Å²) in [5.41, 5.74) is 1.72. The third-order valence-corrected chi connectivity index (χ3v) is 4.19. The summed E-state index contributed by atoms with van der Waals surface area (Å²) in [6, 6.07) is 7.04. The molecule has 1 aromatic carbocycles. The first kappa shape index (κ1) is 16.9. The molecule has 1 aliphatic heterocycles. The van der Waals surface area contributed by atoms with E-state index < -0.39 is 0 Å². The quantitative estimate of drug-likeness (QED) is 0.844. The zero-order valence-corrected chi connectivity index (χ0v) is 14.3. The first-order chi connectivity index (χ1) is 12.1. The predicted octanol–water partition coefficient (Wildman–Crippen LogP) is 1.39. The standard InChI is InChI=1S/C18H20N4O3/c1-13-11-20-16(12-19-13)18(24)22-9-7-21(8-10-22)17(23)14-3-5-15(25-2)6-4-14/h3-6,11-12H,7-10H2,1-2H3. The molecule has 0 unspecified atom stereocenters. The third-order valence-electron chi connectivity index (χ3n) is 4.19. The molecule has 0 N–H and O–H groups in total. The monoisotopic (exact) mass is 340 g/mol. The molecular weight excluding hydrogens is 320 g/mol. The summed E-state index contributed by atoms with van der Waals surface area (Å²) in [6.45, 7) is 3.78. The van der Waals surface area contributed by atoms with Gasteiger partial charge in [0, 0.05) is 37.9 Å². The Hall–Kier alpha value is -2.96. The van der Waals surface area contributed by atoms with Gasteiger partial charge in [0.15, 0.2) is 0 Å². The summed E-state index contributed by atoms with van der Waals surface area (Å²) >= 11 is 0. The van der Waals surface area contributed by atoms with Gasteiger partial charge < -0.3 is 14.5 Å². The lowest BCUT2D eigenvalue weighted by Crippen LogP contribution is -2.50. The molecule has 0 atom stereocenters. The highest BCUT2D eigenvalue weighted by Crippen LogP contribution is 2.15. The van der Waals surface area contributed by atoms with E-state index in [0.717, 1.165) is 5.69 Å². The van der Waals surface area contributed by atoms with Gasteiger partial charge in [-0.1, -0.05) is 0 Å². The van der Waals surface area contributed by atoms with E-state index >= 15 is 0 Å². The fourth-order valence-electron chi connectivity index (χ4n) is 2.69. The normalized spacial score (nSPS) is 14.3. The average Bonchev–Trinajstić information content (AvgIpc) is 2.67. The molecular formula is C18H20N4O3. The fraction of sp³-hybridized carbons (Fsp3) is 0.333. The molecule has 1 aromatic heterocycles. The van der Waals surface area contributed by atoms with E-state index in [9.17, 15) is 9.59 Å². The molecule has 0 saturated carbocycles. The van der Waals surface area contributed by atoms with Crippen molar-refractivity contribution in [3.63, 3.8) is 0 Å². The zero-order chi connectivity index (χ0) is 17.8. The molecule has 130 valence electrons. The number of rotatable bonds is 3. The number of aryl methyl sites for hydroxylation is 1. The maximum atomic E-state index is 12.5. The lowest BCUT2D eigenvalue weighted by atomic mass is 10.1. The van der Waals surface area contributed by atoms with Gasteiger partial charge in [0.2, 0.25) is 0 Å². The van der Waals surface area contributed by atoms with Crippen LogP contribution in [0.15, 0.2) is 36.7 Å². The van der Waals surface area contributed by atoms with Crippen molar-refractivity contribution in [1.82, 2.24) is 19.8 Å². The summed E-state index contributed by atoms with van der Waals surface area (Å²) < 4.78 is 5.10. The molecule has 2 aromatic rings. The molecule has 2 heterocycles. The number of aromatic nitrogens is 2. The number of carbonyl (C=O) groups is 2. The molecule has 3 rings (SSSR count). The molecule has 1 aliphatic rings. The Bertz CT molecular complexity index is 751. The van der Waals surface area contributed by atoms with Gasteiger partial charge in [-0.05, 0) is 31.2 Å². The Morgan fingerprint density at radius 2 is 1.52 bits per heavy atom. The van der Waals surface area contributed by atoms with Gasteiger partial charge in [-0.15, -0.1) is 0 Å². The predicted molar refractivity (Wildman–Crippen MR) is 91.6 cm³/mol. The van der Waals surface area contributed by atoms with Crippen molar-refractivity contribution in [1.29, 1.82) is 0 Å². The van der Waals surface area contributed by atoms with Crippen LogP contribution in [0.5, 0.6) is 5.75 Å². The summed E-state index contributed by atoms with van der Waals surface area (Å²) in [5.74, 6) is 0.528. The Labute approximate surface area is 146 Å². The maximum Gasteiger partial charge on any atom is 0.274 e. The Kier molecular flexibility index (Phi) is 4.92. The van der Waals surface area contributed by atoms with Crippen LogP contribution >= 0.6 is 0 Å². The summed E-state index contributed by atoms with van der Waals surface area (Å²) in [5, 5.41) is 0. The van der Waals surface area contributed by atoms with E-state index in [-0.39, 0.29) is 11.8 Å². The molecule has 0 bridgehead atoms. The minimum Gasteiger partial charge on any atom is -0.497 e. The smallest absolute Gasteiger partial charge is 0.274 e. The number of amides is 2. The Morgan fingerprint density at radius 3 is 2.04 bits per heavy atom. The van der Waals surface area contributed by atoms with Crippen LogP contribution in [0.25, 0.3) is 0 Å². The van der Waals surface area contributed by atoms with Gasteiger partial charge in [0.1, 0.15) is 11.4 Å². The minimum atomic E-state index is -0.149. The number of hydrogen-bond donors (Lipinski definition) is 0. The van der Waals surface area contributed by atoms with Crippen LogP contribution in [0.2, 0.25) is 0 Å². The number of nitrogens with zero attached hydrogens (tertiary/aromatic N) is 4. The lowest BCUT2D eigenvalue weighted by molar-refractivity contribution is 0.0532. The van der Waals surface area contributed by atoms with Crippen LogP contribution < -0.4 is 4.74 Å². The van der Waals surface area contributed by atoms with Gasteiger partial charge in [0.05, 0.1) is 19.0 Å². The largest absolute Gasteiger partial charge is 0.497 e. The second kappa shape index (κ2) is 7.29. The van der Waals surface area contributed by atoms with E-state index in [1.54, 1.807) is 47.4 Å². The van der Waals surface area contributed by atoms with E-state index in [4.69, 9.17) is 4.74 Å². The Balaban J connectivity index is 1.60. The number of benzene rings is 1. The lowest BCUT2D eigenvalue weighted by Gasteiger charge is -2.34. The second-order valence-corrected chi connectivity index (χ2v) is 5.86. The van der Waals surface area contributed by atoms with Crippen molar-refractivity contribution in [2.24, 2.45) is 0 Å². The number of methoxy groups -OCH3 is 1. The number of ether oxygens (including phenoxy) is 1. The number of carbonyl (C=O) groups excluding carboxylic acids is 2. The molecule has 0 aliphatic carbocycles. The highest BCUT2D eigenvalue weighted by Gasteiger charge is 2.26. The topological polar surface area (TPSA) is 75.6 Å². The van der Waals surface area contributed by atoms with E-state index in [1.807, 2.05) is 6.92 Å². The van der Waals surface area contributed by atoms with Crippen LogP contribution in [-0.2, 0) is 0 Å². The van der Waals surface area contributed by atoms with Gasteiger partial charge in [0.25, 0.3) is 11.8 Å². The van der Waals surface area contributed by atoms with Crippen molar-refractivity contribution in [3.05, 3.63) is 53.6 Å². The van der Waals surface area contributed by atoms with Gasteiger partial charge in [-0.3, -0.25) is 14.6 Å².